The molecule has 1 aliphatic carbocycles. The van der Waals surface area contributed by atoms with Gasteiger partial charge in [0.2, 0.25) is 15.9 Å². The average molecular weight is 481 g/mol. The van der Waals surface area contributed by atoms with E-state index in [1.165, 1.54) is 28.6 Å². The normalized spacial score (nSPS) is 14.0. The van der Waals surface area contributed by atoms with Crippen LogP contribution in [-0.2, 0) is 14.8 Å². The van der Waals surface area contributed by atoms with Gasteiger partial charge in [0.05, 0.1) is 23.1 Å². The zero-order chi connectivity index (χ0) is 18.7. The van der Waals surface area contributed by atoms with Crippen LogP contribution < -0.4 is 5.32 Å². The third kappa shape index (κ3) is 4.41. The van der Waals surface area contributed by atoms with Crippen LogP contribution in [0.25, 0.3) is 0 Å². The van der Waals surface area contributed by atoms with Crippen LogP contribution in [0.5, 0.6) is 0 Å². The standard InChI is InChI=1S/C18H16IN3O3S/c19-14-3-5-15(6-4-14)21-18(23)12-22(16-7-8-16)26(24,25)17-9-1-13(11-20)2-10-17/h1-6,9-10,16H,7-8,12H2,(H,21,23). The molecule has 1 N–H and O–H groups in total. The molecule has 0 heterocycles. The fourth-order valence-electron chi connectivity index (χ4n) is 2.48. The van der Waals surface area contributed by atoms with Gasteiger partial charge in [-0.2, -0.15) is 9.57 Å². The number of anilines is 1. The Hall–Kier alpha value is -1.96. The molecule has 6 nitrogen and oxygen atoms in total. The number of hydrogen-bond donors (Lipinski definition) is 1. The second-order valence-corrected chi connectivity index (χ2v) is 9.11. The zero-order valence-corrected chi connectivity index (χ0v) is 16.7. The molecular formula is C18H16IN3O3S. The molecule has 0 bridgehead atoms. The van der Waals surface area contributed by atoms with Crippen molar-refractivity contribution in [1.29, 1.82) is 5.26 Å². The quantitative estimate of drug-likeness (QED) is 0.643. The molecule has 0 spiro atoms. The predicted molar refractivity (Wildman–Crippen MR) is 106 cm³/mol. The Kier molecular flexibility index (Phi) is 5.60. The molecule has 0 saturated heterocycles. The third-order valence-electron chi connectivity index (χ3n) is 3.97. The molecular weight excluding hydrogens is 465 g/mol. The predicted octanol–water partition coefficient (Wildman–Crippen LogP) is 2.95. The Morgan fingerprint density at radius 3 is 2.31 bits per heavy atom. The van der Waals surface area contributed by atoms with Crippen molar-refractivity contribution in [2.45, 2.75) is 23.8 Å². The minimum absolute atomic E-state index is 0.0884. The summed E-state index contributed by atoms with van der Waals surface area (Å²) in [6, 6.07) is 14.8. The van der Waals surface area contributed by atoms with Crippen LogP contribution in [0.4, 0.5) is 5.69 Å². The molecule has 8 heteroatoms. The molecule has 2 aromatic carbocycles. The fraction of sp³-hybridized carbons (Fsp3) is 0.222. The molecule has 1 fully saturated rings. The largest absolute Gasteiger partial charge is 0.325 e. The maximum atomic E-state index is 12.9. The Labute approximate surface area is 166 Å². The van der Waals surface area contributed by atoms with Crippen molar-refractivity contribution >= 4 is 44.2 Å². The topological polar surface area (TPSA) is 90.3 Å². The molecule has 0 atom stereocenters. The number of rotatable bonds is 6. The molecule has 3 rings (SSSR count). The summed E-state index contributed by atoms with van der Waals surface area (Å²) in [5.41, 5.74) is 1.01. The van der Waals surface area contributed by atoms with E-state index in [2.05, 4.69) is 27.9 Å². The van der Waals surface area contributed by atoms with Crippen LogP contribution in [0, 0.1) is 14.9 Å². The van der Waals surface area contributed by atoms with E-state index < -0.39 is 10.0 Å². The van der Waals surface area contributed by atoms with Crippen molar-refractivity contribution in [3.63, 3.8) is 0 Å². The monoisotopic (exact) mass is 481 g/mol. The summed E-state index contributed by atoms with van der Waals surface area (Å²) in [6.07, 6.45) is 1.48. The molecule has 1 saturated carbocycles. The summed E-state index contributed by atoms with van der Waals surface area (Å²) < 4.78 is 28.1. The number of carbonyl (C=O) groups excluding carboxylic acids is 1. The molecule has 0 aliphatic heterocycles. The minimum Gasteiger partial charge on any atom is -0.325 e. The zero-order valence-electron chi connectivity index (χ0n) is 13.7. The van der Waals surface area contributed by atoms with Crippen LogP contribution in [0.2, 0.25) is 0 Å². The fourth-order valence-corrected chi connectivity index (χ4v) is 4.49. The van der Waals surface area contributed by atoms with Gasteiger partial charge < -0.3 is 5.32 Å². The van der Waals surface area contributed by atoms with Gasteiger partial charge in [-0.15, -0.1) is 0 Å². The van der Waals surface area contributed by atoms with Gasteiger partial charge in [0.1, 0.15) is 0 Å². The lowest BCUT2D eigenvalue weighted by atomic mass is 10.2. The van der Waals surface area contributed by atoms with Crippen molar-refractivity contribution in [3.8, 4) is 6.07 Å². The first-order valence-electron chi connectivity index (χ1n) is 7.97. The average Bonchev–Trinajstić information content (AvgIpc) is 3.46. The Morgan fingerprint density at radius 1 is 1.15 bits per heavy atom. The highest BCUT2D eigenvalue weighted by Crippen LogP contribution is 2.32. The SMILES string of the molecule is N#Cc1ccc(S(=O)(=O)N(CC(=O)Nc2ccc(I)cc2)C2CC2)cc1. The highest BCUT2D eigenvalue weighted by molar-refractivity contribution is 14.1. The summed E-state index contributed by atoms with van der Waals surface area (Å²) in [5.74, 6) is -0.379. The van der Waals surface area contributed by atoms with Crippen molar-refractivity contribution < 1.29 is 13.2 Å². The highest BCUT2D eigenvalue weighted by Gasteiger charge is 2.39. The molecule has 26 heavy (non-hydrogen) atoms. The number of halogens is 1. The van der Waals surface area contributed by atoms with Gasteiger partial charge in [-0.25, -0.2) is 8.42 Å². The highest BCUT2D eigenvalue weighted by atomic mass is 127. The second kappa shape index (κ2) is 7.73. The maximum absolute atomic E-state index is 12.9. The summed E-state index contributed by atoms with van der Waals surface area (Å²) in [7, 11) is -3.79. The maximum Gasteiger partial charge on any atom is 0.243 e. The van der Waals surface area contributed by atoms with Gasteiger partial charge in [0, 0.05) is 15.3 Å². The minimum atomic E-state index is -3.79. The van der Waals surface area contributed by atoms with Crippen LogP contribution in [-0.4, -0.2) is 31.2 Å². The van der Waals surface area contributed by atoms with Crippen LogP contribution in [0.1, 0.15) is 18.4 Å². The first-order valence-corrected chi connectivity index (χ1v) is 10.5. The second-order valence-electron chi connectivity index (χ2n) is 5.97. The van der Waals surface area contributed by atoms with E-state index in [0.29, 0.717) is 11.3 Å². The van der Waals surface area contributed by atoms with Crippen LogP contribution in [0.3, 0.4) is 0 Å². The van der Waals surface area contributed by atoms with E-state index in [1.807, 2.05) is 18.2 Å². The van der Waals surface area contributed by atoms with E-state index in [1.54, 1.807) is 12.1 Å². The summed E-state index contributed by atoms with van der Waals surface area (Å²) >= 11 is 2.17. The Balaban J connectivity index is 1.76. The molecule has 1 amide bonds. The van der Waals surface area contributed by atoms with Crippen molar-refractivity contribution in [3.05, 3.63) is 57.7 Å². The van der Waals surface area contributed by atoms with Crippen molar-refractivity contribution in [2.24, 2.45) is 0 Å². The van der Waals surface area contributed by atoms with Gasteiger partial charge in [-0.3, -0.25) is 4.79 Å². The third-order valence-corrected chi connectivity index (χ3v) is 6.60. The van der Waals surface area contributed by atoms with Crippen molar-refractivity contribution in [2.75, 3.05) is 11.9 Å². The molecule has 0 radical (unpaired) electrons. The van der Waals surface area contributed by atoms with Crippen LogP contribution in [0.15, 0.2) is 53.4 Å². The van der Waals surface area contributed by atoms with Gasteiger partial charge >= 0.3 is 0 Å². The number of sulfonamides is 1. The van der Waals surface area contributed by atoms with E-state index in [9.17, 15) is 13.2 Å². The van der Waals surface area contributed by atoms with E-state index in [0.717, 1.165) is 16.4 Å². The first kappa shape index (κ1) is 18.8. The summed E-state index contributed by atoms with van der Waals surface area (Å²) in [5, 5.41) is 11.6. The molecule has 1 aliphatic rings. The van der Waals surface area contributed by atoms with Crippen LogP contribution >= 0.6 is 22.6 Å². The van der Waals surface area contributed by atoms with Crippen molar-refractivity contribution in [1.82, 2.24) is 4.31 Å². The number of hydrogen-bond acceptors (Lipinski definition) is 4. The first-order chi connectivity index (χ1) is 12.4. The Bertz CT molecular complexity index is 947. The molecule has 0 unspecified atom stereocenters. The molecule has 0 aromatic heterocycles. The number of nitrogens with one attached hydrogen (secondary N) is 1. The lowest BCUT2D eigenvalue weighted by Gasteiger charge is -2.21. The number of amides is 1. The molecule has 134 valence electrons. The number of carbonyl (C=O) groups is 1. The van der Waals surface area contributed by atoms with Gasteiger partial charge in [-0.1, -0.05) is 0 Å². The van der Waals surface area contributed by atoms with E-state index in [4.69, 9.17) is 5.26 Å². The number of nitriles is 1. The summed E-state index contributed by atoms with van der Waals surface area (Å²) in [4.78, 5) is 12.4. The summed E-state index contributed by atoms with van der Waals surface area (Å²) in [6.45, 7) is -0.237. The number of nitrogens with zero attached hydrogens (tertiary/aromatic N) is 2. The molecule has 2 aromatic rings. The lowest BCUT2D eigenvalue weighted by molar-refractivity contribution is -0.116. The lowest BCUT2D eigenvalue weighted by Crippen LogP contribution is -2.39. The number of benzene rings is 2. The van der Waals surface area contributed by atoms with Gasteiger partial charge in [0.15, 0.2) is 0 Å². The van der Waals surface area contributed by atoms with E-state index in [-0.39, 0.29) is 23.4 Å². The Morgan fingerprint density at radius 2 is 1.77 bits per heavy atom. The van der Waals surface area contributed by atoms with E-state index >= 15 is 0 Å². The van der Waals surface area contributed by atoms with Gasteiger partial charge in [0.25, 0.3) is 0 Å². The smallest absolute Gasteiger partial charge is 0.243 e. The van der Waals surface area contributed by atoms with Gasteiger partial charge in [-0.05, 0) is 84.0 Å².